The first-order valence-corrected chi connectivity index (χ1v) is 7.35. The predicted octanol–water partition coefficient (Wildman–Crippen LogP) is 1.71. The van der Waals surface area contributed by atoms with Crippen LogP contribution in [0, 0.1) is 0 Å². The van der Waals surface area contributed by atoms with Crippen LogP contribution in [0.1, 0.15) is 0 Å². The largest absolute Gasteiger partial charge is 0.497 e. The van der Waals surface area contributed by atoms with Crippen LogP contribution in [-0.2, 0) is 4.79 Å². The van der Waals surface area contributed by atoms with Crippen LogP contribution in [0.2, 0.25) is 0 Å². The van der Waals surface area contributed by atoms with Crippen LogP contribution in [0.15, 0.2) is 36.4 Å². The minimum Gasteiger partial charge on any atom is -0.497 e. The molecule has 0 heterocycles. The number of amides is 1. The first kappa shape index (κ1) is 18.0. The van der Waals surface area contributed by atoms with Crippen molar-refractivity contribution in [3.8, 4) is 5.75 Å². The van der Waals surface area contributed by atoms with Crippen molar-refractivity contribution >= 4 is 11.6 Å². The van der Waals surface area contributed by atoms with Crippen LogP contribution in [0.3, 0.4) is 0 Å². The maximum absolute atomic E-state index is 11.9. The molecule has 122 valence electrons. The lowest BCUT2D eigenvalue weighted by Gasteiger charge is -2.23. The number of nitrogens with zero attached hydrogens (tertiary/aromatic N) is 3. The Balaban J connectivity index is 2.43. The Labute approximate surface area is 133 Å². The van der Waals surface area contributed by atoms with Crippen LogP contribution in [0.25, 0.3) is 0 Å². The molecule has 1 aromatic rings. The van der Waals surface area contributed by atoms with Gasteiger partial charge in [-0.15, -0.1) is 0 Å². The minimum absolute atomic E-state index is 0.0324. The molecule has 0 spiro atoms. The van der Waals surface area contributed by atoms with E-state index in [1.807, 2.05) is 63.4 Å². The van der Waals surface area contributed by atoms with Crippen molar-refractivity contribution in [2.45, 2.75) is 0 Å². The molecule has 5 heteroatoms. The van der Waals surface area contributed by atoms with Crippen molar-refractivity contribution in [1.29, 1.82) is 0 Å². The Kier molecular flexibility index (Phi) is 7.46. The van der Waals surface area contributed by atoms with Gasteiger partial charge in [-0.25, -0.2) is 0 Å². The highest BCUT2D eigenvalue weighted by Crippen LogP contribution is 2.17. The van der Waals surface area contributed by atoms with E-state index in [9.17, 15) is 4.79 Å². The van der Waals surface area contributed by atoms with Gasteiger partial charge in [-0.05, 0) is 38.4 Å². The number of ether oxygens (including phenoxy) is 1. The van der Waals surface area contributed by atoms with Gasteiger partial charge in [-0.1, -0.05) is 6.08 Å². The summed E-state index contributed by atoms with van der Waals surface area (Å²) in [6.07, 6.45) is 3.51. The summed E-state index contributed by atoms with van der Waals surface area (Å²) >= 11 is 0. The highest BCUT2D eigenvalue weighted by atomic mass is 16.5. The third kappa shape index (κ3) is 6.18. The van der Waals surface area contributed by atoms with Crippen LogP contribution in [-0.4, -0.2) is 70.6 Å². The van der Waals surface area contributed by atoms with Crippen molar-refractivity contribution in [2.75, 3.05) is 59.8 Å². The summed E-state index contributed by atoms with van der Waals surface area (Å²) in [6.45, 7) is 2.22. The molecule has 0 saturated heterocycles. The summed E-state index contributed by atoms with van der Waals surface area (Å²) < 4.78 is 5.15. The molecule has 0 unspecified atom stereocenters. The summed E-state index contributed by atoms with van der Waals surface area (Å²) in [4.78, 5) is 17.8. The van der Waals surface area contributed by atoms with Gasteiger partial charge in [0.15, 0.2) is 0 Å². The van der Waals surface area contributed by atoms with Gasteiger partial charge in [-0.3, -0.25) is 4.79 Å². The number of likely N-dealkylation sites (N-methyl/N-ethyl adjacent to an activating group) is 3. The molecule has 0 aliphatic rings. The van der Waals surface area contributed by atoms with Gasteiger partial charge in [0.1, 0.15) is 5.75 Å². The minimum atomic E-state index is 0.0324. The molecule has 1 aromatic carbocycles. The Morgan fingerprint density at radius 2 is 1.73 bits per heavy atom. The van der Waals surface area contributed by atoms with E-state index in [2.05, 4.69) is 4.90 Å². The quantitative estimate of drug-likeness (QED) is 0.685. The zero-order chi connectivity index (χ0) is 16.5. The lowest BCUT2D eigenvalue weighted by molar-refractivity contribution is -0.124. The van der Waals surface area contributed by atoms with Crippen molar-refractivity contribution in [3.63, 3.8) is 0 Å². The van der Waals surface area contributed by atoms with E-state index in [1.54, 1.807) is 18.1 Å². The van der Waals surface area contributed by atoms with Crippen molar-refractivity contribution < 1.29 is 9.53 Å². The highest BCUT2D eigenvalue weighted by Gasteiger charge is 2.07. The lowest BCUT2D eigenvalue weighted by Crippen LogP contribution is -2.34. The third-order valence-electron chi connectivity index (χ3n) is 3.39. The van der Waals surface area contributed by atoms with Crippen LogP contribution in [0.4, 0.5) is 5.69 Å². The van der Waals surface area contributed by atoms with E-state index >= 15 is 0 Å². The summed E-state index contributed by atoms with van der Waals surface area (Å²) in [7, 11) is 9.44. The summed E-state index contributed by atoms with van der Waals surface area (Å²) in [6, 6.07) is 7.89. The highest BCUT2D eigenvalue weighted by molar-refractivity contribution is 5.87. The van der Waals surface area contributed by atoms with E-state index in [1.165, 1.54) is 0 Å². The monoisotopic (exact) mass is 305 g/mol. The lowest BCUT2D eigenvalue weighted by atomic mass is 10.3. The molecule has 1 rings (SSSR count). The summed E-state index contributed by atoms with van der Waals surface area (Å²) in [5, 5.41) is 0. The molecule has 22 heavy (non-hydrogen) atoms. The second-order valence-electron chi connectivity index (χ2n) is 5.54. The smallest absolute Gasteiger partial charge is 0.246 e. The SMILES string of the molecule is COc1ccc(N(C)CCN(C)C(=O)/C=C/CN(C)C)cc1. The normalized spacial score (nSPS) is 11.0. The fourth-order valence-corrected chi connectivity index (χ4v) is 1.87. The average Bonchev–Trinajstić information content (AvgIpc) is 2.51. The van der Waals surface area contributed by atoms with E-state index in [0.717, 1.165) is 24.5 Å². The fourth-order valence-electron chi connectivity index (χ4n) is 1.87. The number of rotatable bonds is 8. The van der Waals surface area contributed by atoms with E-state index in [4.69, 9.17) is 4.74 Å². The average molecular weight is 305 g/mol. The van der Waals surface area contributed by atoms with Gasteiger partial charge in [0.25, 0.3) is 0 Å². The summed E-state index contributed by atoms with van der Waals surface area (Å²) in [5.41, 5.74) is 1.10. The molecule has 0 bridgehead atoms. The Hall–Kier alpha value is -2.01. The van der Waals surface area contributed by atoms with Gasteiger partial charge in [0, 0.05) is 45.5 Å². The zero-order valence-electron chi connectivity index (χ0n) is 14.2. The molecule has 0 fully saturated rings. The van der Waals surface area contributed by atoms with Gasteiger partial charge in [0.05, 0.1) is 7.11 Å². The molecule has 0 aromatic heterocycles. The number of carbonyl (C=O) groups is 1. The molecule has 0 aliphatic carbocycles. The second kappa shape index (κ2) is 9.10. The van der Waals surface area contributed by atoms with E-state index in [-0.39, 0.29) is 5.91 Å². The molecule has 0 atom stereocenters. The Morgan fingerprint density at radius 1 is 1.09 bits per heavy atom. The zero-order valence-corrected chi connectivity index (χ0v) is 14.2. The standard InChI is InChI=1S/C17H27N3O2/c1-18(2)12-6-7-17(21)20(4)14-13-19(3)15-8-10-16(22-5)11-9-15/h6-11H,12-14H2,1-5H3/b7-6+. The number of benzene rings is 1. The van der Waals surface area contributed by atoms with Crippen LogP contribution >= 0.6 is 0 Å². The number of hydrogen-bond acceptors (Lipinski definition) is 4. The Bertz CT molecular complexity index is 483. The molecule has 5 nitrogen and oxygen atoms in total. The molecule has 1 amide bonds. The molecule has 0 N–H and O–H groups in total. The van der Waals surface area contributed by atoms with E-state index in [0.29, 0.717) is 6.54 Å². The molecule has 0 saturated carbocycles. The first-order valence-electron chi connectivity index (χ1n) is 7.35. The topological polar surface area (TPSA) is 36.0 Å². The number of carbonyl (C=O) groups excluding carboxylic acids is 1. The van der Waals surface area contributed by atoms with Crippen molar-refractivity contribution in [2.24, 2.45) is 0 Å². The van der Waals surface area contributed by atoms with Crippen molar-refractivity contribution in [3.05, 3.63) is 36.4 Å². The number of methoxy groups -OCH3 is 1. The van der Waals surface area contributed by atoms with Crippen LogP contribution < -0.4 is 9.64 Å². The second-order valence-corrected chi connectivity index (χ2v) is 5.54. The van der Waals surface area contributed by atoms with Gasteiger partial charge >= 0.3 is 0 Å². The third-order valence-corrected chi connectivity index (χ3v) is 3.39. The molecular formula is C17H27N3O2. The van der Waals surface area contributed by atoms with Crippen molar-refractivity contribution in [1.82, 2.24) is 9.80 Å². The first-order chi connectivity index (χ1) is 10.4. The van der Waals surface area contributed by atoms with E-state index < -0.39 is 0 Å². The summed E-state index contributed by atoms with van der Waals surface area (Å²) in [5.74, 6) is 0.875. The van der Waals surface area contributed by atoms with Crippen LogP contribution in [0.5, 0.6) is 5.75 Å². The van der Waals surface area contributed by atoms with Gasteiger partial charge in [-0.2, -0.15) is 0 Å². The predicted molar refractivity (Wildman–Crippen MR) is 91.6 cm³/mol. The molecular weight excluding hydrogens is 278 g/mol. The maximum atomic E-state index is 11.9. The fraction of sp³-hybridized carbons (Fsp3) is 0.471. The maximum Gasteiger partial charge on any atom is 0.246 e. The van der Waals surface area contributed by atoms with Gasteiger partial charge < -0.3 is 19.4 Å². The molecule has 0 aliphatic heterocycles. The molecule has 0 radical (unpaired) electrons. The van der Waals surface area contributed by atoms with Gasteiger partial charge in [0.2, 0.25) is 5.91 Å². The number of anilines is 1. The number of hydrogen-bond donors (Lipinski definition) is 0. The Morgan fingerprint density at radius 3 is 2.27 bits per heavy atom.